The van der Waals surface area contributed by atoms with E-state index in [9.17, 15) is 30.2 Å². The number of nitro groups is 1. The number of amides is 1. The van der Waals surface area contributed by atoms with Crippen LogP contribution in [-0.4, -0.2) is 63.4 Å². The zero-order chi connectivity index (χ0) is 17.9. The standard InChI is InChI=1S/C14H18N2O8/c1-7(18)15-11-13(20)12(19)10(6-17)24-14(11)23-9-5-3-2-4-8(9)16(21)22/h2-5,10-14,17,19-20H,6H2,1H3,(H,15,18)/t10-,11+,12+,13+,14-/m1/s1. The molecular weight excluding hydrogens is 324 g/mol. The van der Waals surface area contributed by atoms with E-state index in [2.05, 4.69) is 5.32 Å². The van der Waals surface area contributed by atoms with Crippen LogP contribution in [0.5, 0.6) is 5.75 Å². The van der Waals surface area contributed by atoms with Gasteiger partial charge in [0.25, 0.3) is 0 Å². The Bertz CT molecular complexity index is 610. The van der Waals surface area contributed by atoms with Gasteiger partial charge < -0.3 is 30.1 Å². The summed E-state index contributed by atoms with van der Waals surface area (Å²) in [6.45, 7) is 0.584. The van der Waals surface area contributed by atoms with Crippen LogP contribution in [0, 0.1) is 10.1 Å². The Morgan fingerprint density at radius 1 is 1.38 bits per heavy atom. The quantitative estimate of drug-likeness (QED) is 0.389. The van der Waals surface area contributed by atoms with Gasteiger partial charge in [0, 0.05) is 13.0 Å². The summed E-state index contributed by atoms with van der Waals surface area (Å²) in [5.74, 6) is -0.656. The lowest BCUT2D eigenvalue weighted by molar-refractivity contribution is -0.386. The maximum Gasteiger partial charge on any atom is 0.311 e. The Kier molecular flexibility index (Phi) is 5.67. The molecular formula is C14H18N2O8. The summed E-state index contributed by atoms with van der Waals surface area (Å²) in [7, 11) is 0. The van der Waals surface area contributed by atoms with Crippen LogP contribution in [0.25, 0.3) is 0 Å². The maximum atomic E-state index is 11.3. The molecule has 1 saturated heterocycles. The van der Waals surface area contributed by atoms with Crippen molar-refractivity contribution in [1.29, 1.82) is 0 Å². The largest absolute Gasteiger partial charge is 0.455 e. The molecule has 132 valence electrons. The molecule has 0 saturated carbocycles. The third-order valence-corrected chi connectivity index (χ3v) is 3.56. The summed E-state index contributed by atoms with van der Waals surface area (Å²) in [6, 6.07) is 4.33. The van der Waals surface area contributed by atoms with E-state index in [1.807, 2.05) is 0 Å². The number of aliphatic hydroxyl groups is 3. The fourth-order valence-electron chi connectivity index (χ4n) is 2.40. The number of para-hydroxylation sites is 2. The van der Waals surface area contributed by atoms with E-state index in [0.717, 1.165) is 0 Å². The number of carbonyl (C=O) groups is 1. The Labute approximate surface area is 136 Å². The Morgan fingerprint density at radius 3 is 2.62 bits per heavy atom. The minimum Gasteiger partial charge on any atom is -0.455 e. The average Bonchev–Trinajstić information content (AvgIpc) is 2.54. The summed E-state index contributed by atoms with van der Waals surface area (Å²) in [5.41, 5.74) is -0.330. The highest BCUT2D eigenvalue weighted by Crippen LogP contribution is 2.30. The summed E-state index contributed by atoms with van der Waals surface area (Å²) in [6.07, 6.45) is -5.46. The van der Waals surface area contributed by atoms with Crippen LogP contribution in [0.15, 0.2) is 24.3 Å². The number of ether oxygens (including phenoxy) is 2. The molecule has 10 heteroatoms. The predicted octanol–water partition coefficient (Wildman–Crippen LogP) is -1.08. The normalized spacial score (nSPS) is 29.8. The zero-order valence-electron chi connectivity index (χ0n) is 12.7. The van der Waals surface area contributed by atoms with E-state index in [1.165, 1.54) is 31.2 Å². The minimum absolute atomic E-state index is 0.136. The van der Waals surface area contributed by atoms with Crippen LogP contribution in [0.2, 0.25) is 0 Å². The molecule has 10 nitrogen and oxygen atoms in total. The molecule has 0 unspecified atom stereocenters. The van der Waals surface area contributed by atoms with Gasteiger partial charge in [-0.15, -0.1) is 0 Å². The van der Waals surface area contributed by atoms with Crippen molar-refractivity contribution in [2.45, 2.75) is 37.6 Å². The molecule has 1 aliphatic heterocycles. The van der Waals surface area contributed by atoms with Crippen LogP contribution < -0.4 is 10.1 Å². The Morgan fingerprint density at radius 2 is 2.04 bits per heavy atom. The van der Waals surface area contributed by atoms with Crippen LogP contribution in [-0.2, 0) is 9.53 Å². The molecule has 1 amide bonds. The first-order valence-electron chi connectivity index (χ1n) is 7.14. The first-order chi connectivity index (χ1) is 11.3. The Balaban J connectivity index is 2.30. The molecule has 4 N–H and O–H groups in total. The van der Waals surface area contributed by atoms with Crippen LogP contribution in [0.1, 0.15) is 6.92 Å². The van der Waals surface area contributed by atoms with Crippen molar-refractivity contribution in [3.8, 4) is 5.75 Å². The molecule has 24 heavy (non-hydrogen) atoms. The van der Waals surface area contributed by atoms with Crippen molar-refractivity contribution >= 4 is 11.6 Å². The van der Waals surface area contributed by atoms with Crippen molar-refractivity contribution in [3.63, 3.8) is 0 Å². The molecule has 1 aliphatic rings. The number of nitro benzene ring substituents is 1. The molecule has 0 bridgehead atoms. The van der Waals surface area contributed by atoms with Gasteiger partial charge in [-0.25, -0.2) is 0 Å². The fraction of sp³-hybridized carbons (Fsp3) is 0.500. The summed E-state index contributed by atoms with van der Waals surface area (Å²) < 4.78 is 10.8. The molecule has 1 aromatic carbocycles. The minimum atomic E-state index is -1.49. The number of nitrogens with zero attached hydrogens (tertiary/aromatic N) is 1. The molecule has 0 aromatic heterocycles. The van der Waals surface area contributed by atoms with Crippen molar-refractivity contribution in [3.05, 3.63) is 34.4 Å². The van der Waals surface area contributed by atoms with Gasteiger partial charge in [0.15, 0.2) is 5.75 Å². The third kappa shape index (κ3) is 3.79. The predicted molar refractivity (Wildman–Crippen MR) is 79.1 cm³/mol. The van der Waals surface area contributed by atoms with Gasteiger partial charge in [0.2, 0.25) is 12.2 Å². The van der Waals surface area contributed by atoms with E-state index in [1.54, 1.807) is 0 Å². The third-order valence-electron chi connectivity index (χ3n) is 3.56. The SMILES string of the molecule is CC(=O)N[C@@H]1[C@H](Oc2ccccc2[N+](=O)[O-])O[C@H](CO)[C@H](O)[C@H]1O. The summed E-state index contributed by atoms with van der Waals surface area (Å²) in [4.78, 5) is 21.7. The van der Waals surface area contributed by atoms with Crippen LogP contribution in [0.4, 0.5) is 5.69 Å². The highest BCUT2D eigenvalue weighted by atomic mass is 16.7. The van der Waals surface area contributed by atoms with Crippen molar-refractivity contribution in [2.75, 3.05) is 6.61 Å². The number of benzene rings is 1. The van der Waals surface area contributed by atoms with Gasteiger partial charge in [-0.2, -0.15) is 0 Å². The van der Waals surface area contributed by atoms with Crippen LogP contribution >= 0.6 is 0 Å². The monoisotopic (exact) mass is 342 g/mol. The van der Waals surface area contributed by atoms with E-state index in [0.29, 0.717) is 0 Å². The van der Waals surface area contributed by atoms with E-state index in [-0.39, 0.29) is 11.4 Å². The zero-order valence-corrected chi connectivity index (χ0v) is 12.7. The van der Waals surface area contributed by atoms with Crippen LogP contribution in [0.3, 0.4) is 0 Å². The molecule has 2 rings (SSSR count). The molecule has 0 aliphatic carbocycles. The molecule has 0 spiro atoms. The lowest BCUT2D eigenvalue weighted by Gasteiger charge is -2.41. The van der Waals surface area contributed by atoms with Gasteiger partial charge in [-0.05, 0) is 6.07 Å². The summed E-state index contributed by atoms with van der Waals surface area (Å²) in [5, 5.41) is 42.7. The topological polar surface area (TPSA) is 151 Å². The molecule has 1 fully saturated rings. The first-order valence-corrected chi connectivity index (χ1v) is 7.14. The average molecular weight is 342 g/mol. The highest BCUT2D eigenvalue weighted by molar-refractivity contribution is 5.73. The second kappa shape index (κ2) is 7.53. The molecule has 0 radical (unpaired) electrons. The van der Waals surface area contributed by atoms with Crippen molar-refractivity contribution in [1.82, 2.24) is 5.32 Å². The fourth-order valence-corrected chi connectivity index (χ4v) is 2.40. The van der Waals surface area contributed by atoms with Crippen molar-refractivity contribution in [2.24, 2.45) is 0 Å². The lowest BCUT2D eigenvalue weighted by atomic mass is 9.97. The molecule has 1 heterocycles. The maximum absolute atomic E-state index is 11.3. The van der Waals surface area contributed by atoms with E-state index < -0.39 is 48.1 Å². The molecule has 1 aromatic rings. The van der Waals surface area contributed by atoms with Gasteiger partial charge in [0.05, 0.1) is 11.5 Å². The number of carbonyl (C=O) groups excluding carboxylic acids is 1. The van der Waals surface area contributed by atoms with Gasteiger partial charge in [0.1, 0.15) is 24.4 Å². The number of hydrogen-bond acceptors (Lipinski definition) is 8. The number of nitrogens with one attached hydrogen (secondary N) is 1. The first kappa shape index (κ1) is 18.1. The summed E-state index contributed by atoms with van der Waals surface area (Å²) >= 11 is 0. The number of hydrogen-bond donors (Lipinski definition) is 4. The second-order valence-corrected chi connectivity index (χ2v) is 5.28. The highest BCUT2D eigenvalue weighted by Gasteiger charge is 2.46. The smallest absolute Gasteiger partial charge is 0.311 e. The second-order valence-electron chi connectivity index (χ2n) is 5.28. The van der Waals surface area contributed by atoms with E-state index in [4.69, 9.17) is 9.47 Å². The molecule has 5 atom stereocenters. The Hall–Kier alpha value is -2.27. The lowest BCUT2D eigenvalue weighted by Crippen LogP contribution is -2.65. The number of aliphatic hydroxyl groups excluding tert-OH is 3. The van der Waals surface area contributed by atoms with Gasteiger partial charge >= 0.3 is 5.69 Å². The van der Waals surface area contributed by atoms with E-state index >= 15 is 0 Å². The van der Waals surface area contributed by atoms with Gasteiger partial charge in [-0.1, -0.05) is 12.1 Å². The van der Waals surface area contributed by atoms with Crippen molar-refractivity contribution < 1.29 is 34.5 Å². The van der Waals surface area contributed by atoms with Gasteiger partial charge in [-0.3, -0.25) is 14.9 Å². The number of rotatable bonds is 5.